The quantitative estimate of drug-likeness (QED) is 0.493. The van der Waals surface area contributed by atoms with Crippen LogP contribution >= 0.6 is 11.8 Å². The first-order chi connectivity index (χ1) is 10.9. The maximum Gasteiger partial charge on any atom is 0.0495 e. The largest absolute Gasteiger partial charge is 0.366 e. The van der Waals surface area contributed by atoms with Gasteiger partial charge in [-0.25, -0.2) is 0 Å². The van der Waals surface area contributed by atoms with Crippen molar-refractivity contribution >= 4 is 11.8 Å². The van der Waals surface area contributed by atoms with Crippen molar-refractivity contribution in [2.24, 2.45) is 5.92 Å². The summed E-state index contributed by atoms with van der Waals surface area (Å²) < 4.78 is 0. The number of nitrogens with zero attached hydrogens (tertiary/aromatic N) is 1. The molecule has 0 aromatic heterocycles. The van der Waals surface area contributed by atoms with Crippen molar-refractivity contribution < 1.29 is 0 Å². The molecule has 0 aromatic carbocycles. The third-order valence-electron chi connectivity index (χ3n) is 3.92. The molecule has 0 atom stereocenters. The minimum Gasteiger partial charge on any atom is -0.366 e. The lowest BCUT2D eigenvalue weighted by Crippen LogP contribution is -2.29. The highest BCUT2D eigenvalue weighted by Crippen LogP contribution is 2.36. The third kappa shape index (κ3) is 5.95. The molecule has 0 amide bonds. The highest BCUT2D eigenvalue weighted by Gasteiger charge is 2.20. The first kappa shape index (κ1) is 19.6. The molecule has 1 nitrogen and oxygen atoms in total. The molecular weight excluding hydrogens is 298 g/mol. The van der Waals surface area contributed by atoms with Gasteiger partial charge in [0.2, 0.25) is 0 Å². The van der Waals surface area contributed by atoms with Crippen LogP contribution in [0.2, 0.25) is 0 Å². The average Bonchev–Trinajstić information content (AvgIpc) is 2.50. The van der Waals surface area contributed by atoms with Crippen LogP contribution in [0.1, 0.15) is 41.5 Å². The van der Waals surface area contributed by atoms with E-state index in [0.29, 0.717) is 5.92 Å². The van der Waals surface area contributed by atoms with E-state index in [-0.39, 0.29) is 0 Å². The minimum atomic E-state index is 0.554. The molecular formula is C21H31NS. The fourth-order valence-electron chi connectivity index (χ4n) is 2.55. The van der Waals surface area contributed by atoms with Crippen LogP contribution in [0.5, 0.6) is 0 Å². The molecule has 1 heterocycles. The van der Waals surface area contributed by atoms with Gasteiger partial charge >= 0.3 is 0 Å². The zero-order chi connectivity index (χ0) is 17.4. The SMILES string of the molecule is C=C/C=C(\C=C/C)CN1CC(S/C(C)=C\C)=C(C(C)C)C=C1C. The van der Waals surface area contributed by atoms with Gasteiger partial charge in [0.15, 0.2) is 0 Å². The molecule has 0 saturated carbocycles. The van der Waals surface area contributed by atoms with Crippen molar-refractivity contribution in [3.8, 4) is 0 Å². The van der Waals surface area contributed by atoms with E-state index in [1.807, 2.05) is 17.8 Å². The van der Waals surface area contributed by atoms with Crippen LogP contribution < -0.4 is 0 Å². The van der Waals surface area contributed by atoms with Gasteiger partial charge in [-0.05, 0) is 55.7 Å². The second-order valence-electron chi connectivity index (χ2n) is 6.15. The maximum absolute atomic E-state index is 3.83. The van der Waals surface area contributed by atoms with Crippen LogP contribution in [0, 0.1) is 5.92 Å². The lowest BCUT2D eigenvalue weighted by atomic mass is 9.98. The van der Waals surface area contributed by atoms with Crippen LogP contribution in [0.4, 0.5) is 0 Å². The molecule has 0 radical (unpaired) electrons. The van der Waals surface area contributed by atoms with Crippen molar-refractivity contribution in [2.45, 2.75) is 41.5 Å². The van der Waals surface area contributed by atoms with Crippen molar-refractivity contribution in [2.75, 3.05) is 13.1 Å². The van der Waals surface area contributed by atoms with E-state index in [1.54, 1.807) is 0 Å². The van der Waals surface area contributed by atoms with Gasteiger partial charge in [-0.3, -0.25) is 0 Å². The van der Waals surface area contributed by atoms with Crippen molar-refractivity contribution in [1.29, 1.82) is 0 Å². The molecule has 23 heavy (non-hydrogen) atoms. The van der Waals surface area contributed by atoms with Crippen molar-refractivity contribution in [3.05, 3.63) is 69.7 Å². The number of thioether (sulfide) groups is 1. The van der Waals surface area contributed by atoms with E-state index in [0.717, 1.165) is 13.1 Å². The molecule has 1 aliphatic rings. The minimum absolute atomic E-state index is 0.554. The molecule has 0 bridgehead atoms. The molecule has 1 rings (SSSR count). The Kier molecular flexibility index (Phi) is 8.25. The normalized spacial score (nSPS) is 17.3. The fourth-order valence-corrected chi connectivity index (χ4v) is 3.69. The van der Waals surface area contributed by atoms with E-state index in [2.05, 4.69) is 83.4 Å². The molecule has 1 aliphatic heterocycles. The van der Waals surface area contributed by atoms with E-state index in [4.69, 9.17) is 0 Å². The summed E-state index contributed by atoms with van der Waals surface area (Å²) in [6, 6.07) is 0. The smallest absolute Gasteiger partial charge is 0.0495 e. The topological polar surface area (TPSA) is 3.24 Å². The first-order valence-electron chi connectivity index (χ1n) is 8.34. The average molecular weight is 330 g/mol. The van der Waals surface area contributed by atoms with Gasteiger partial charge in [0.1, 0.15) is 0 Å². The lowest BCUT2D eigenvalue weighted by Gasteiger charge is -2.33. The van der Waals surface area contributed by atoms with Crippen LogP contribution in [0.25, 0.3) is 0 Å². The Morgan fingerprint density at radius 1 is 1.39 bits per heavy atom. The van der Waals surface area contributed by atoms with Crippen LogP contribution in [0.3, 0.4) is 0 Å². The molecule has 2 heteroatoms. The summed E-state index contributed by atoms with van der Waals surface area (Å²) in [5.41, 5.74) is 4.11. The van der Waals surface area contributed by atoms with Crippen LogP contribution in [-0.4, -0.2) is 18.0 Å². The number of rotatable bonds is 7. The first-order valence-corrected chi connectivity index (χ1v) is 9.15. The highest BCUT2D eigenvalue weighted by molar-refractivity contribution is 8.06. The zero-order valence-electron chi connectivity index (χ0n) is 15.5. The summed E-state index contributed by atoms with van der Waals surface area (Å²) in [6.45, 7) is 18.9. The van der Waals surface area contributed by atoms with Crippen molar-refractivity contribution in [3.63, 3.8) is 0 Å². The van der Waals surface area contributed by atoms with Gasteiger partial charge in [-0.1, -0.05) is 62.6 Å². The standard InChI is InChI=1S/C21H31NS/c1-8-11-19(12-9-2)14-22-15-21(23-18(7)10-3)20(16(4)5)13-17(22)6/h8-13,16H,1,14-15H2,2-7H3/b12-9-,18-10-,19-11+. The Morgan fingerprint density at radius 3 is 2.61 bits per heavy atom. The molecule has 0 aliphatic carbocycles. The Hall–Kier alpha value is -1.41. The van der Waals surface area contributed by atoms with Gasteiger partial charge < -0.3 is 4.90 Å². The van der Waals surface area contributed by atoms with E-state index in [1.165, 1.54) is 26.7 Å². The van der Waals surface area contributed by atoms with E-state index >= 15 is 0 Å². The maximum atomic E-state index is 3.83. The van der Waals surface area contributed by atoms with Gasteiger partial charge in [0, 0.05) is 23.7 Å². The predicted octanol–water partition coefficient (Wildman–Crippen LogP) is 6.46. The van der Waals surface area contributed by atoms with Crippen LogP contribution in [-0.2, 0) is 0 Å². The molecule has 0 N–H and O–H groups in total. The highest BCUT2D eigenvalue weighted by atomic mass is 32.2. The summed E-state index contributed by atoms with van der Waals surface area (Å²) in [6.07, 6.45) is 12.8. The Labute approximate surface area is 147 Å². The second-order valence-corrected chi connectivity index (χ2v) is 7.49. The summed E-state index contributed by atoms with van der Waals surface area (Å²) in [4.78, 5) is 5.29. The second kappa shape index (κ2) is 9.67. The number of allylic oxidation sites excluding steroid dienone is 8. The van der Waals surface area contributed by atoms with Gasteiger partial charge in [0.25, 0.3) is 0 Å². The third-order valence-corrected chi connectivity index (χ3v) is 5.09. The molecule has 0 spiro atoms. The van der Waals surface area contributed by atoms with Gasteiger partial charge in [-0.15, -0.1) is 0 Å². The van der Waals surface area contributed by atoms with E-state index < -0.39 is 0 Å². The van der Waals surface area contributed by atoms with Crippen molar-refractivity contribution in [1.82, 2.24) is 4.90 Å². The monoisotopic (exact) mass is 329 g/mol. The van der Waals surface area contributed by atoms with Gasteiger partial charge in [-0.2, -0.15) is 0 Å². The fraction of sp³-hybridized carbons (Fsp3) is 0.429. The molecule has 0 fully saturated rings. The number of hydrogen-bond donors (Lipinski definition) is 0. The lowest BCUT2D eigenvalue weighted by molar-refractivity contribution is 0.403. The summed E-state index contributed by atoms with van der Waals surface area (Å²) in [5, 5.41) is 0. The zero-order valence-corrected chi connectivity index (χ0v) is 16.3. The van der Waals surface area contributed by atoms with E-state index in [9.17, 15) is 0 Å². The Bertz CT molecular complexity index is 571. The molecule has 0 unspecified atom stereocenters. The summed E-state index contributed by atoms with van der Waals surface area (Å²) >= 11 is 1.91. The summed E-state index contributed by atoms with van der Waals surface area (Å²) in [5.74, 6) is 0.554. The Morgan fingerprint density at radius 2 is 2.09 bits per heavy atom. The summed E-state index contributed by atoms with van der Waals surface area (Å²) in [7, 11) is 0. The van der Waals surface area contributed by atoms with Crippen LogP contribution in [0.15, 0.2) is 69.7 Å². The molecule has 0 aromatic rings. The predicted molar refractivity (Wildman–Crippen MR) is 107 cm³/mol. The van der Waals surface area contributed by atoms with Gasteiger partial charge in [0.05, 0.1) is 0 Å². The molecule has 0 saturated heterocycles. The number of hydrogen-bond acceptors (Lipinski definition) is 2. The molecule has 126 valence electrons. The Balaban J connectivity index is 3.07.